The summed E-state index contributed by atoms with van der Waals surface area (Å²) in [6.07, 6.45) is 0. The van der Waals surface area contributed by atoms with Crippen molar-refractivity contribution in [3.8, 4) is 33.4 Å². The third-order valence-electron chi connectivity index (χ3n) is 8.45. The fraction of sp³-hybridized carbons (Fsp3) is 0.0526. The van der Waals surface area contributed by atoms with E-state index in [0.29, 0.717) is 13.2 Å². The van der Waals surface area contributed by atoms with Gasteiger partial charge in [0.15, 0.2) is 0 Å². The van der Waals surface area contributed by atoms with Crippen molar-refractivity contribution in [2.24, 2.45) is 0 Å². The summed E-state index contributed by atoms with van der Waals surface area (Å²) in [5.74, 6) is 0. The van der Waals surface area contributed by atoms with Gasteiger partial charge < -0.3 is 13.6 Å². The summed E-state index contributed by atoms with van der Waals surface area (Å²) in [5.41, 5.74) is 13.2. The molecule has 0 atom stereocenters. The van der Waals surface area contributed by atoms with Gasteiger partial charge in [-0.05, 0) is 93.0 Å². The highest BCUT2D eigenvalue weighted by atomic mass is 16.5. The van der Waals surface area contributed by atoms with Gasteiger partial charge in [0.2, 0.25) is 0 Å². The lowest BCUT2D eigenvalue weighted by molar-refractivity contribution is 0.110. The van der Waals surface area contributed by atoms with Gasteiger partial charge in [0.25, 0.3) is 0 Å². The zero-order chi connectivity index (χ0) is 26.9. The van der Waals surface area contributed by atoms with Gasteiger partial charge in [-0.1, -0.05) is 72.8 Å². The summed E-state index contributed by atoms with van der Waals surface area (Å²) >= 11 is 0. The first-order valence-electron chi connectivity index (χ1n) is 14.0. The Morgan fingerprint density at radius 3 is 1.29 bits per heavy atom. The highest BCUT2D eigenvalue weighted by Gasteiger charge is 2.18. The Kier molecular flexibility index (Phi) is 4.80. The van der Waals surface area contributed by atoms with Crippen LogP contribution >= 0.6 is 0 Å². The third-order valence-corrected chi connectivity index (χ3v) is 8.45. The first-order chi connectivity index (χ1) is 20.3. The highest BCUT2D eigenvalue weighted by molar-refractivity contribution is 6.07. The Hall–Kier alpha value is -5.12. The van der Waals surface area contributed by atoms with Crippen molar-refractivity contribution in [3.63, 3.8) is 0 Å². The van der Waals surface area contributed by atoms with Gasteiger partial charge in [0.1, 0.15) is 22.3 Å². The van der Waals surface area contributed by atoms with Crippen molar-refractivity contribution in [2.45, 2.75) is 13.2 Å². The molecule has 0 unspecified atom stereocenters. The van der Waals surface area contributed by atoms with Crippen LogP contribution in [-0.2, 0) is 18.0 Å². The molecule has 0 saturated heterocycles. The van der Waals surface area contributed by atoms with Gasteiger partial charge in [0.05, 0.1) is 13.2 Å². The van der Waals surface area contributed by atoms with Crippen molar-refractivity contribution >= 4 is 43.9 Å². The summed E-state index contributed by atoms with van der Waals surface area (Å²) in [6.45, 7) is 1.19. The van der Waals surface area contributed by atoms with Gasteiger partial charge in [0, 0.05) is 21.5 Å². The van der Waals surface area contributed by atoms with Crippen LogP contribution in [0, 0.1) is 0 Å². The molecule has 6 aromatic carbocycles. The lowest BCUT2D eigenvalue weighted by Crippen LogP contribution is -1.91. The molecule has 0 spiro atoms. The second-order valence-electron chi connectivity index (χ2n) is 10.9. The summed E-state index contributed by atoms with van der Waals surface area (Å²) in [5, 5.41) is 4.57. The molecule has 0 amide bonds. The molecule has 41 heavy (non-hydrogen) atoms. The lowest BCUT2D eigenvalue weighted by Gasteiger charge is -2.13. The van der Waals surface area contributed by atoms with Crippen LogP contribution in [0.1, 0.15) is 11.1 Å². The minimum absolute atomic E-state index is 0.595. The molecule has 2 aromatic heterocycles. The zero-order valence-corrected chi connectivity index (χ0v) is 22.2. The second-order valence-corrected chi connectivity index (χ2v) is 10.9. The topological polar surface area (TPSA) is 35.5 Å². The van der Waals surface area contributed by atoms with E-state index in [-0.39, 0.29) is 0 Å². The average molecular weight is 529 g/mol. The van der Waals surface area contributed by atoms with E-state index in [2.05, 4.69) is 97.1 Å². The molecule has 0 fully saturated rings. The monoisotopic (exact) mass is 528 g/mol. The fourth-order valence-electron chi connectivity index (χ4n) is 6.35. The molecule has 3 heterocycles. The first kappa shape index (κ1) is 22.7. The smallest absolute Gasteiger partial charge is 0.135 e. The van der Waals surface area contributed by atoms with Crippen LogP contribution in [0.4, 0.5) is 0 Å². The van der Waals surface area contributed by atoms with Crippen LogP contribution < -0.4 is 0 Å². The molecule has 9 rings (SSSR count). The Morgan fingerprint density at radius 1 is 0.366 bits per heavy atom. The van der Waals surface area contributed by atoms with Gasteiger partial charge in [-0.25, -0.2) is 0 Å². The van der Waals surface area contributed by atoms with Crippen LogP contribution in [0.5, 0.6) is 0 Å². The molecule has 1 aliphatic rings. The predicted molar refractivity (Wildman–Crippen MR) is 166 cm³/mol. The van der Waals surface area contributed by atoms with Gasteiger partial charge in [-0.2, -0.15) is 0 Å². The minimum Gasteiger partial charge on any atom is -0.456 e. The number of fused-ring (bicyclic) bond motifs is 9. The summed E-state index contributed by atoms with van der Waals surface area (Å²) < 4.78 is 18.3. The molecule has 3 nitrogen and oxygen atoms in total. The Labute approximate surface area is 236 Å². The summed E-state index contributed by atoms with van der Waals surface area (Å²) in [4.78, 5) is 0. The first-order valence-corrected chi connectivity index (χ1v) is 14.0. The van der Waals surface area contributed by atoms with E-state index in [1.54, 1.807) is 0 Å². The van der Waals surface area contributed by atoms with Crippen molar-refractivity contribution in [1.29, 1.82) is 0 Å². The minimum atomic E-state index is 0.595. The third kappa shape index (κ3) is 3.56. The van der Waals surface area contributed by atoms with Crippen molar-refractivity contribution in [2.75, 3.05) is 0 Å². The van der Waals surface area contributed by atoms with E-state index in [1.165, 1.54) is 44.5 Å². The van der Waals surface area contributed by atoms with Crippen LogP contribution in [0.2, 0.25) is 0 Å². The maximum Gasteiger partial charge on any atom is 0.135 e. The van der Waals surface area contributed by atoms with Crippen molar-refractivity contribution < 1.29 is 13.6 Å². The molecule has 0 saturated carbocycles. The molecular weight excluding hydrogens is 504 g/mol. The molecule has 8 aromatic rings. The number of rotatable bonds is 2. The van der Waals surface area contributed by atoms with E-state index in [0.717, 1.165) is 43.9 Å². The number of furan rings is 2. The van der Waals surface area contributed by atoms with E-state index < -0.39 is 0 Å². The SMILES string of the molecule is c1ccc2c(c1)oc1ccc(-c3ccc4c(c3)-c3cc(-c5ccc6oc7ccccc7c6c5)ccc3COC4)cc12. The summed E-state index contributed by atoms with van der Waals surface area (Å²) in [6, 6.07) is 42.9. The molecule has 0 bridgehead atoms. The normalized spacial score (nSPS) is 13.1. The Balaban J connectivity index is 1.18. The Bertz CT molecular complexity index is 2140. The summed E-state index contributed by atoms with van der Waals surface area (Å²) in [7, 11) is 0. The van der Waals surface area contributed by atoms with Crippen LogP contribution in [-0.4, -0.2) is 0 Å². The molecule has 1 aliphatic heterocycles. The maximum absolute atomic E-state index is 6.10. The predicted octanol–water partition coefficient (Wildman–Crippen LogP) is 10.5. The molecular formula is C38H24O3. The molecule has 3 heteroatoms. The number of hydrogen-bond acceptors (Lipinski definition) is 3. The largest absolute Gasteiger partial charge is 0.456 e. The van der Waals surface area contributed by atoms with Gasteiger partial charge in [-0.3, -0.25) is 0 Å². The van der Waals surface area contributed by atoms with E-state index >= 15 is 0 Å². The fourth-order valence-corrected chi connectivity index (χ4v) is 6.35. The van der Waals surface area contributed by atoms with E-state index in [4.69, 9.17) is 13.6 Å². The molecule has 194 valence electrons. The average Bonchev–Trinajstić information content (AvgIpc) is 3.52. The van der Waals surface area contributed by atoms with Crippen molar-refractivity contribution in [1.82, 2.24) is 0 Å². The molecule has 0 aliphatic carbocycles. The number of benzene rings is 6. The zero-order valence-electron chi connectivity index (χ0n) is 22.2. The van der Waals surface area contributed by atoms with Crippen LogP contribution in [0.25, 0.3) is 77.3 Å². The number of ether oxygens (including phenoxy) is 1. The van der Waals surface area contributed by atoms with Gasteiger partial charge in [-0.15, -0.1) is 0 Å². The quantitative estimate of drug-likeness (QED) is 0.224. The molecule has 0 N–H and O–H groups in total. The van der Waals surface area contributed by atoms with E-state index in [9.17, 15) is 0 Å². The Morgan fingerprint density at radius 2 is 0.780 bits per heavy atom. The number of para-hydroxylation sites is 2. The van der Waals surface area contributed by atoms with Crippen LogP contribution in [0.15, 0.2) is 130 Å². The molecule has 0 radical (unpaired) electrons. The number of hydrogen-bond donors (Lipinski definition) is 0. The highest BCUT2D eigenvalue weighted by Crippen LogP contribution is 2.40. The van der Waals surface area contributed by atoms with Crippen molar-refractivity contribution in [3.05, 3.63) is 132 Å². The lowest BCUT2D eigenvalue weighted by atomic mass is 9.90. The second kappa shape index (κ2) is 8.69. The van der Waals surface area contributed by atoms with Gasteiger partial charge >= 0.3 is 0 Å². The van der Waals surface area contributed by atoms with E-state index in [1.807, 2.05) is 24.3 Å². The van der Waals surface area contributed by atoms with Crippen LogP contribution in [0.3, 0.4) is 0 Å². The maximum atomic E-state index is 6.10. The standard InChI is InChI=1S/C38H24O3/c1-3-7-35-29(5-1)33-19-25(13-15-37(33)40-35)23-9-11-27-21-39-22-28-12-10-24(18-32(28)31(27)17-23)26-14-16-38-34(20-26)30-6-2-4-8-36(30)41-38/h1-20H,21-22H2.